The molecule has 2 heterocycles. The highest BCUT2D eigenvalue weighted by Crippen LogP contribution is 2.28. The first-order chi connectivity index (χ1) is 10.4. The monoisotopic (exact) mass is 326 g/mol. The van der Waals surface area contributed by atoms with E-state index >= 15 is 0 Å². The molecule has 0 radical (unpaired) electrons. The molecule has 2 aliphatic rings. The van der Waals surface area contributed by atoms with Gasteiger partial charge in [-0.05, 0) is 37.5 Å². The van der Waals surface area contributed by atoms with E-state index in [0.717, 1.165) is 19.4 Å². The SMILES string of the molecule is CC1C(=O)N2CCCC2CN1S(=O)(=O)Cc1ccc(F)cc1. The number of nitrogens with zero attached hydrogens (tertiary/aromatic N) is 2. The molecule has 1 amide bonds. The Bertz CT molecular complexity index is 675. The van der Waals surface area contributed by atoms with E-state index < -0.39 is 21.9 Å². The first kappa shape index (κ1) is 15.4. The number of carbonyl (C=O) groups is 1. The molecule has 2 atom stereocenters. The molecule has 2 fully saturated rings. The first-order valence-corrected chi connectivity index (χ1v) is 9.04. The molecule has 5 nitrogen and oxygen atoms in total. The Balaban J connectivity index is 1.82. The number of hydrogen-bond donors (Lipinski definition) is 0. The van der Waals surface area contributed by atoms with Crippen molar-refractivity contribution in [1.82, 2.24) is 9.21 Å². The molecule has 0 N–H and O–H groups in total. The molecule has 3 rings (SSSR count). The van der Waals surface area contributed by atoms with Crippen molar-refractivity contribution in [3.05, 3.63) is 35.6 Å². The molecule has 0 bridgehead atoms. The van der Waals surface area contributed by atoms with Gasteiger partial charge in [-0.15, -0.1) is 0 Å². The molecule has 120 valence electrons. The van der Waals surface area contributed by atoms with Gasteiger partial charge < -0.3 is 4.90 Å². The molecular weight excluding hydrogens is 307 g/mol. The van der Waals surface area contributed by atoms with Crippen LogP contribution < -0.4 is 0 Å². The molecule has 0 saturated carbocycles. The fraction of sp³-hybridized carbons (Fsp3) is 0.533. The Hall–Kier alpha value is -1.47. The minimum absolute atomic E-state index is 0.00769. The Morgan fingerprint density at radius 2 is 1.95 bits per heavy atom. The highest BCUT2D eigenvalue weighted by Gasteiger charge is 2.44. The fourth-order valence-electron chi connectivity index (χ4n) is 3.27. The lowest BCUT2D eigenvalue weighted by Crippen LogP contribution is -2.60. The van der Waals surface area contributed by atoms with Crippen molar-refractivity contribution in [1.29, 1.82) is 0 Å². The van der Waals surface area contributed by atoms with Crippen LogP contribution in [-0.2, 0) is 20.6 Å². The molecule has 7 heteroatoms. The second kappa shape index (κ2) is 5.62. The highest BCUT2D eigenvalue weighted by atomic mass is 32.2. The van der Waals surface area contributed by atoms with Crippen LogP contribution >= 0.6 is 0 Å². The molecule has 22 heavy (non-hydrogen) atoms. The van der Waals surface area contributed by atoms with Crippen molar-refractivity contribution in [2.75, 3.05) is 13.1 Å². The molecule has 2 saturated heterocycles. The normalized spacial score (nSPS) is 26.3. The van der Waals surface area contributed by atoms with Crippen LogP contribution in [-0.4, -0.2) is 48.7 Å². The number of hydrogen-bond acceptors (Lipinski definition) is 3. The largest absolute Gasteiger partial charge is 0.337 e. The lowest BCUT2D eigenvalue weighted by Gasteiger charge is -2.40. The van der Waals surface area contributed by atoms with Gasteiger partial charge in [0.2, 0.25) is 15.9 Å². The summed E-state index contributed by atoms with van der Waals surface area (Å²) in [4.78, 5) is 14.1. The molecule has 0 spiro atoms. The van der Waals surface area contributed by atoms with Crippen LogP contribution in [0.4, 0.5) is 4.39 Å². The lowest BCUT2D eigenvalue weighted by molar-refractivity contribution is -0.139. The molecule has 0 aliphatic carbocycles. The number of benzene rings is 1. The molecule has 2 unspecified atom stereocenters. The molecule has 0 aromatic heterocycles. The van der Waals surface area contributed by atoms with Crippen LogP contribution in [0.15, 0.2) is 24.3 Å². The summed E-state index contributed by atoms with van der Waals surface area (Å²) in [5, 5.41) is 0. The maximum atomic E-state index is 12.9. The van der Waals surface area contributed by atoms with Crippen molar-refractivity contribution in [2.24, 2.45) is 0 Å². The third-order valence-corrected chi connectivity index (χ3v) is 6.34. The fourth-order valence-corrected chi connectivity index (χ4v) is 5.02. The van der Waals surface area contributed by atoms with Crippen LogP contribution in [0.2, 0.25) is 0 Å². The van der Waals surface area contributed by atoms with Gasteiger partial charge in [0.1, 0.15) is 11.9 Å². The zero-order valence-electron chi connectivity index (χ0n) is 12.4. The van der Waals surface area contributed by atoms with Gasteiger partial charge in [-0.1, -0.05) is 12.1 Å². The Kier molecular flexibility index (Phi) is 3.94. The topological polar surface area (TPSA) is 57.7 Å². The predicted molar refractivity (Wildman–Crippen MR) is 79.9 cm³/mol. The van der Waals surface area contributed by atoms with Crippen molar-refractivity contribution >= 4 is 15.9 Å². The van der Waals surface area contributed by atoms with Crippen molar-refractivity contribution in [3.8, 4) is 0 Å². The Morgan fingerprint density at radius 3 is 2.64 bits per heavy atom. The van der Waals surface area contributed by atoms with Gasteiger partial charge in [0.05, 0.1) is 5.75 Å². The Labute approximate surface area is 129 Å². The van der Waals surface area contributed by atoms with Crippen LogP contribution in [0.1, 0.15) is 25.3 Å². The summed E-state index contributed by atoms with van der Waals surface area (Å²) in [6.07, 6.45) is 1.77. The lowest BCUT2D eigenvalue weighted by atomic mass is 10.1. The minimum atomic E-state index is -3.61. The average molecular weight is 326 g/mol. The van der Waals surface area contributed by atoms with Crippen LogP contribution in [0.5, 0.6) is 0 Å². The standard InChI is InChI=1S/C15H19FN2O3S/c1-11-15(19)17-8-2-3-14(17)9-18(11)22(20,21)10-12-4-6-13(16)7-5-12/h4-7,11,14H,2-3,8-10H2,1H3. The molecule has 2 aliphatic heterocycles. The van der Waals surface area contributed by atoms with E-state index in [0.29, 0.717) is 12.1 Å². The molecule has 1 aromatic carbocycles. The number of piperazine rings is 1. The summed E-state index contributed by atoms with van der Waals surface area (Å²) in [6, 6.07) is 4.74. The van der Waals surface area contributed by atoms with Crippen LogP contribution in [0.3, 0.4) is 0 Å². The zero-order chi connectivity index (χ0) is 15.9. The number of carbonyl (C=O) groups excluding carboxylic acids is 1. The smallest absolute Gasteiger partial charge is 0.241 e. The van der Waals surface area contributed by atoms with Gasteiger partial charge in [0, 0.05) is 19.1 Å². The van der Waals surface area contributed by atoms with Gasteiger partial charge in [0.25, 0.3) is 0 Å². The van der Waals surface area contributed by atoms with E-state index in [2.05, 4.69) is 0 Å². The van der Waals surface area contributed by atoms with Gasteiger partial charge >= 0.3 is 0 Å². The van der Waals surface area contributed by atoms with E-state index in [9.17, 15) is 17.6 Å². The maximum Gasteiger partial charge on any atom is 0.241 e. The van der Waals surface area contributed by atoms with Gasteiger partial charge in [-0.3, -0.25) is 4.79 Å². The van der Waals surface area contributed by atoms with Crippen molar-refractivity contribution < 1.29 is 17.6 Å². The number of fused-ring (bicyclic) bond motifs is 1. The second-order valence-electron chi connectivity index (χ2n) is 5.96. The summed E-state index contributed by atoms with van der Waals surface area (Å²) in [6.45, 7) is 2.72. The Morgan fingerprint density at radius 1 is 1.27 bits per heavy atom. The van der Waals surface area contributed by atoms with E-state index in [1.54, 1.807) is 11.8 Å². The molecular formula is C15H19FN2O3S. The highest BCUT2D eigenvalue weighted by molar-refractivity contribution is 7.88. The zero-order valence-corrected chi connectivity index (χ0v) is 13.2. The third-order valence-electron chi connectivity index (χ3n) is 4.46. The van der Waals surface area contributed by atoms with E-state index in [-0.39, 0.29) is 17.7 Å². The number of amides is 1. The molecule has 1 aromatic rings. The van der Waals surface area contributed by atoms with Crippen LogP contribution in [0, 0.1) is 5.82 Å². The number of sulfonamides is 1. The predicted octanol–water partition coefficient (Wildman–Crippen LogP) is 1.35. The minimum Gasteiger partial charge on any atom is -0.337 e. The van der Waals surface area contributed by atoms with Gasteiger partial charge in [-0.25, -0.2) is 12.8 Å². The summed E-state index contributed by atoms with van der Waals surface area (Å²) >= 11 is 0. The quantitative estimate of drug-likeness (QED) is 0.842. The number of rotatable bonds is 3. The summed E-state index contributed by atoms with van der Waals surface area (Å²) in [7, 11) is -3.61. The van der Waals surface area contributed by atoms with E-state index in [1.165, 1.54) is 28.6 Å². The summed E-state index contributed by atoms with van der Waals surface area (Å²) in [5.74, 6) is -0.724. The third kappa shape index (κ3) is 2.75. The second-order valence-corrected chi connectivity index (χ2v) is 7.88. The first-order valence-electron chi connectivity index (χ1n) is 7.43. The summed E-state index contributed by atoms with van der Waals surface area (Å²) < 4.78 is 39.5. The van der Waals surface area contributed by atoms with Gasteiger partial charge in [-0.2, -0.15) is 4.31 Å². The average Bonchev–Trinajstić information content (AvgIpc) is 2.93. The maximum absolute atomic E-state index is 12.9. The van der Waals surface area contributed by atoms with E-state index in [1.807, 2.05) is 0 Å². The van der Waals surface area contributed by atoms with Crippen molar-refractivity contribution in [2.45, 2.75) is 37.6 Å². The van der Waals surface area contributed by atoms with Gasteiger partial charge in [0.15, 0.2) is 0 Å². The van der Waals surface area contributed by atoms with Crippen molar-refractivity contribution in [3.63, 3.8) is 0 Å². The van der Waals surface area contributed by atoms with Crippen LogP contribution in [0.25, 0.3) is 0 Å². The number of halogens is 1. The van der Waals surface area contributed by atoms with E-state index in [4.69, 9.17) is 0 Å². The summed E-state index contributed by atoms with van der Waals surface area (Å²) in [5.41, 5.74) is 0.523.